The quantitative estimate of drug-likeness (QED) is 0.517. The molecule has 1 aliphatic heterocycles. The summed E-state index contributed by atoms with van der Waals surface area (Å²) < 4.78 is 49.7. The van der Waals surface area contributed by atoms with E-state index in [0.717, 1.165) is 12.4 Å². The minimum absolute atomic E-state index is 0.191. The summed E-state index contributed by atoms with van der Waals surface area (Å²) in [5, 5.41) is 11.6. The molecule has 1 aromatic heterocycles. The zero-order valence-electron chi connectivity index (χ0n) is 12.2. The first-order valence-electron chi connectivity index (χ1n) is 6.91. The maximum Gasteiger partial charge on any atom is 0.184 e. The summed E-state index contributed by atoms with van der Waals surface area (Å²) in [6.07, 6.45) is 2.33. The molecule has 0 unspecified atom stereocenters. The zero-order valence-corrected chi connectivity index (χ0v) is 13.8. The second-order valence-corrected chi connectivity index (χ2v) is 9.93. The van der Waals surface area contributed by atoms with Gasteiger partial charge in [-0.15, -0.1) is 0 Å². The fraction of sp³-hybridized carbons (Fsp3) is 0.267. The standard InChI is InChI=1S/C15H15NO5S2/c17-16-6-14-5-15(7-16)11-23(20,21)9-13-3-1-2-12(4-13)8-22(18,19)10-14/h1-7H,8-11H2. The predicted octanol–water partition coefficient (Wildman–Crippen LogP) is 0.863. The van der Waals surface area contributed by atoms with Crippen LogP contribution in [0.3, 0.4) is 0 Å². The Labute approximate surface area is 134 Å². The molecule has 0 saturated heterocycles. The minimum atomic E-state index is -3.45. The molecule has 0 saturated carbocycles. The molecule has 0 N–H and O–H groups in total. The van der Waals surface area contributed by atoms with E-state index in [-0.39, 0.29) is 23.0 Å². The third-order valence-corrected chi connectivity index (χ3v) is 6.59. The Morgan fingerprint density at radius 3 is 1.61 bits per heavy atom. The van der Waals surface area contributed by atoms with Crippen LogP contribution < -0.4 is 4.73 Å². The highest BCUT2D eigenvalue weighted by Gasteiger charge is 2.21. The lowest BCUT2D eigenvalue weighted by atomic mass is 10.2. The SMILES string of the molecule is O=S1(=O)Cc2cccc(c2)CS(=O)(=O)Cc2cc(c[n+]([O-])c2)C1. The molecule has 0 amide bonds. The van der Waals surface area contributed by atoms with Gasteiger partial charge in [0, 0.05) is 11.1 Å². The van der Waals surface area contributed by atoms with Crippen LogP contribution in [0.2, 0.25) is 0 Å². The van der Waals surface area contributed by atoms with Gasteiger partial charge in [-0.25, -0.2) is 16.8 Å². The molecule has 0 aliphatic carbocycles. The van der Waals surface area contributed by atoms with E-state index in [1.807, 2.05) is 0 Å². The molecule has 1 aromatic carbocycles. The average Bonchev–Trinajstić information content (AvgIpc) is 2.34. The molecular formula is C15H15NO5S2. The lowest BCUT2D eigenvalue weighted by Crippen LogP contribution is -2.28. The van der Waals surface area contributed by atoms with Crippen molar-refractivity contribution in [3.8, 4) is 0 Å². The molecule has 1 aliphatic rings. The lowest BCUT2D eigenvalue weighted by molar-refractivity contribution is -0.606. The van der Waals surface area contributed by atoms with Gasteiger partial charge >= 0.3 is 0 Å². The Balaban J connectivity index is 2.14. The molecule has 2 aromatic rings. The van der Waals surface area contributed by atoms with E-state index in [1.54, 1.807) is 24.3 Å². The predicted molar refractivity (Wildman–Crippen MR) is 84.5 cm³/mol. The highest BCUT2D eigenvalue weighted by Crippen LogP contribution is 2.19. The van der Waals surface area contributed by atoms with Crippen LogP contribution in [0.4, 0.5) is 0 Å². The molecule has 0 atom stereocenters. The third-order valence-electron chi connectivity index (χ3n) is 3.49. The van der Waals surface area contributed by atoms with Crippen molar-refractivity contribution in [2.45, 2.75) is 23.0 Å². The smallest absolute Gasteiger partial charge is 0.184 e. The first kappa shape index (κ1) is 15.9. The molecule has 6 nitrogen and oxygen atoms in total. The number of rotatable bonds is 0. The van der Waals surface area contributed by atoms with E-state index in [2.05, 4.69) is 0 Å². The van der Waals surface area contributed by atoms with Crippen LogP contribution in [0.15, 0.2) is 42.7 Å². The van der Waals surface area contributed by atoms with Crippen molar-refractivity contribution in [2.75, 3.05) is 0 Å². The second-order valence-electron chi connectivity index (χ2n) is 5.80. The van der Waals surface area contributed by atoms with E-state index < -0.39 is 19.7 Å². The number of pyridine rings is 1. The summed E-state index contributed by atoms with van der Waals surface area (Å²) in [5.41, 5.74) is 1.68. The van der Waals surface area contributed by atoms with Crippen LogP contribution in [0.25, 0.3) is 0 Å². The molecule has 3 rings (SSSR count). The Kier molecular flexibility index (Phi) is 3.89. The Bertz CT molecular complexity index is 894. The zero-order chi connectivity index (χ0) is 16.7. The topological polar surface area (TPSA) is 95.2 Å². The molecule has 23 heavy (non-hydrogen) atoms. The van der Waals surface area contributed by atoms with Gasteiger partial charge in [-0.1, -0.05) is 24.3 Å². The molecule has 0 spiro atoms. The van der Waals surface area contributed by atoms with E-state index in [9.17, 15) is 22.0 Å². The van der Waals surface area contributed by atoms with Crippen LogP contribution >= 0.6 is 0 Å². The largest absolute Gasteiger partial charge is 0.619 e. The maximum atomic E-state index is 12.3. The highest BCUT2D eigenvalue weighted by molar-refractivity contribution is 7.90. The highest BCUT2D eigenvalue weighted by atomic mass is 32.2. The number of hydrogen-bond donors (Lipinski definition) is 0. The summed E-state index contributed by atoms with van der Waals surface area (Å²) in [5.74, 6) is -0.978. The van der Waals surface area contributed by atoms with Gasteiger partial charge in [-0.3, -0.25) is 0 Å². The Morgan fingerprint density at radius 1 is 0.739 bits per heavy atom. The molecular weight excluding hydrogens is 338 g/mol. The van der Waals surface area contributed by atoms with Crippen molar-refractivity contribution in [3.63, 3.8) is 0 Å². The van der Waals surface area contributed by atoms with Crippen molar-refractivity contribution in [2.24, 2.45) is 0 Å². The normalized spacial score (nSPS) is 19.3. The van der Waals surface area contributed by atoms with E-state index >= 15 is 0 Å². The van der Waals surface area contributed by atoms with Crippen LogP contribution in [-0.2, 0) is 42.7 Å². The van der Waals surface area contributed by atoms with Crippen LogP contribution in [0.5, 0.6) is 0 Å². The van der Waals surface area contributed by atoms with Crippen molar-refractivity contribution >= 4 is 19.7 Å². The summed E-state index contributed by atoms with van der Waals surface area (Å²) >= 11 is 0. The number of aromatic nitrogens is 1. The van der Waals surface area contributed by atoms with Gasteiger partial charge in [0.15, 0.2) is 32.1 Å². The summed E-state index contributed by atoms with van der Waals surface area (Å²) in [6.45, 7) is 0. The summed E-state index contributed by atoms with van der Waals surface area (Å²) in [6, 6.07) is 8.05. The molecule has 4 bridgehead atoms. The third kappa shape index (κ3) is 4.08. The second kappa shape index (κ2) is 5.61. The maximum absolute atomic E-state index is 12.3. The van der Waals surface area contributed by atoms with Gasteiger partial charge in [0.05, 0.1) is 23.0 Å². The van der Waals surface area contributed by atoms with Crippen LogP contribution in [0.1, 0.15) is 22.3 Å². The van der Waals surface area contributed by atoms with Crippen LogP contribution in [0, 0.1) is 5.21 Å². The fourth-order valence-corrected chi connectivity index (χ4v) is 5.67. The fourth-order valence-electron chi connectivity index (χ4n) is 2.76. The van der Waals surface area contributed by atoms with E-state index in [4.69, 9.17) is 0 Å². The van der Waals surface area contributed by atoms with Crippen LogP contribution in [-0.4, -0.2) is 16.8 Å². The van der Waals surface area contributed by atoms with Gasteiger partial charge in [-0.05, 0) is 17.2 Å². The molecule has 8 heteroatoms. The molecule has 2 heterocycles. The van der Waals surface area contributed by atoms with Gasteiger partial charge in [-0.2, -0.15) is 4.73 Å². The first-order chi connectivity index (χ1) is 10.7. The minimum Gasteiger partial charge on any atom is -0.619 e. The monoisotopic (exact) mass is 353 g/mol. The molecule has 0 fully saturated rings. The van der Waals surface area contributed by atoms with Crippen molar-refractivity contribution < 1.29 is 21.6 Å². The number of fused-ring (bicyclic) bond motifs is 4. The van der Waals surface area contributed by atoms with E-state index in [0.29, 0.717) is 27.0 Å². The Morgan fingerprint density at radius 2 is 1.13 bits per heavy atom. The van der Waals surface area contributed by atoms with E-state index in [1.165, 1.54) is 6.07 Å². The number of sulfone groups is 2. The Hall–Kier alpha value is -1.93. The first-order valence-corrected chi connectivity index (χ1v) is 10.6. The van der Waals surface area contributed by atoms with Crippen molar-refractivity contribution in [1.29, 1.82) is 0 Å². The molecule has 0 radical (unpaired) electrons. The average molecular weight is 353 g/mol. The van der Waals surface area contributed by atoms with Gasteiger partial charge in [0.2, 0.25) is 0 Å². The van der Waals surface area contributed by atoms with Crippen molar-refractivity contribution in [3.05, 3.63) is 70.2 Å². The van der Waals surface area contributed by atoms with Crippen molar-refractivity contribution in [1.82, 2.24) is 0 Å². The van der Waals surface area contributed by atoms with Gasteiger partial charge < -0.3 is 5.21 Å². The lowest BCUT2D eigenvalue weighted by Gasteiger charge is -2.11. The number of benzene rings is 1. The van der Waals surface area contributed by atoms with Gasteiger partial charge in [0.25, 0.3) is 0 Å². The van der Waals surface area contributed by atoms with Gasteiger partial charge in [0.1, 0.15) is 0 Å². The molecule has 122 valence electrons. The number of nitrogens with zero attached hydrogens (tertiary/aromatic N) is 1. The number of hydrogen-bond acceptors (Lipinski definition) is 5. The summed E-state index contributed by atoms with van der Waals surface area (Å²) in [4.78, 5) is 0. The summed E-state index contributed by atoms with van der Waals surface area (Å²) in [7, 11) is -6.91.